The summed E-state index contributed by atoms with van der Waals surface area (Å²) in [4.78, 5) is 13.2. The van der Waals surface area contributed by atoms with Gasteiger partial charge in [0.2, 0.25) is 0 Å². The molecule has 0 saturated carbocycles. The van der Waals surface area contributed by atoms with Gasteiger partial charge in [-0.2, -0.15) is 0 Å². The van der Waals surface area contributed by atoms with Crippen molar-refractivity contribution in [3.63, 3.8) is 0 Å². The van der Waals surface area contributed by atoms with Crippen molar-refractivity contribution in [1.82, 2.24) is 5.32 Å². The number of rotatable bonds is 6. The van der Waals surface area contributed by atoms with E-state index in [-0.39, 0.29) is 23.8 Å². The van der Waals surface area contributed by atoms with E-state index in [1.54, 1.807) is 6.07 Å². The quantitative estimate of drug-likeness (QED) is 0.386. The summed E-state index contributed by atoms with van der Waals surface area (Å²) in [6, 6.07) is 19.8. The van der Waals surface area contributed by atoms with Crippen LogP contribution in [0.15, 0.2) is 72.3 Å². The molecule has 0 heterocycles. The van der Waals surface area contributed by atoms with Gasteiger partial charge in [-0.1, -0.05) is 61.9 Å². The minimum Gasteiger partial charge on any atom is -0.345 e. The molecular weight excluding hydrogens is 440 g/mol. The van der Waals surface area contributed by atoms with Gasteiger partial charge in [0.15, 0.2) is 0 Å². The third kappa shape index (κ3) is 5.37. The van der Waals surface area contributed by atoms with Crippen LogP contribution in [0.3, 0.4) is 0 Å². The lowest BCUT2D eigenvalue weighted by Gasteiger charge is -2.24. The predicted molar refractivity (Wildman–Crippen MR) is 138 cm³/mol. The van der Waals surface area contributed by atoms with Gasteiger partial charge in [-0.05, 0) is 91.0 Å². The van der Waals surface area contributed by atoms with Gasteiger partial charge in [0.05, 0.1) is 6.04 Å². The summed E-state index contributed by atoms with van der Waals surface area (Å²) >= 11 is 0. The summed E-state index contributed by atoms with van der Waals surface area (Å²) < 4.78 is 27.8. The van der Waals surface area contributed by atoms with Crippen molar-refractivity contribution < 1.29 is 13.6 Å². The Bertz CT molecular complexity index is 1250. The van der Waals surface area contributed by atoms with Crippen LogP contribution in [-0.4, -0.2) is 5.91 Å². The van der Waals surface area contributed by atoms with Crippen LogP contribution in [0.2, 0.25) is 0 Å². The number of fused-ring (bicyclic) bond motifs is 1. The Balaban J connectivity index is 1.61. The molecule has 1 amide bonds. The molecular formula is C31H33F2NO. The van der Waals surface area contributed by atoms with Gasteiger partial charge >= 0.3 is 0 Å². The monoisotopic (exact) mass is 473 g/mol. The molecule has 4 rings (SSSR count). The predicted octanol–water partition coefficient (Wildman–Crippen LogP) is 8.01. The molecule has 3 unspecified atom stereocenters. The molecule has 182 valence electrons. The normalized spacial score (nSPS) is 18.6. The Labute approximate surface area is 207 Å². The Morgan fingerprint density at radius 1 is 1.03 bits per heavy atom. The smallest absolute Gasteiger partial charge is 0.251 e. The highest BCUT2D eigenvalue weighted by molar-refractivity contribution is 5.95. The first-order valence-corrected chi connectivity index (χ1v) is 12.4. The van der Waals surface area contributed by atoms with Crippen molar-refractivity contribution in [3.05, 3.63) is 112 Å². The Hall–Kier alpha value is -3.27. The molecule has 0 bridgehead atoms. The zero-order valence-electron chi connectivity index (χ0n) is 20.9. The molecule has 35 heavy (non-hydrogen) atoms. The molecule has 0 radical (unpaired) electrons. The van der Waals surface area contributed by atoms with Gasteiger partial charge in [-0.25, -0.2) is 8.78 Å². The second-order valence-electron chi connectivity index (χ2n) is 9.75. The summed E-state index contributed by atoms with van der Waals surface area (Å²) in [5.41, 5.74) is 6.92. The molecule has 0 saturated heterocycles. The van der Waals surface area contributed by atoms with Crippen LogP contribution in [0.1, 0.15) is 85.1 Å². The van der Waals surface area contributed by atoms with Crippen molar-refractivity contribution in [3.8, 4) is 0 Å². The lowest BCUT2D eigenvalue weighted by molar-refractivity contribution is 0.0935. The summed E-state index contributed by atoms with van der Waals surface area (Å²) in [7, 11) is 0. The standard InChI is InChI=1S/C31H33F2NO/c1-5-30(22-9-7-6-8-10-22)34-31(35)24-12-14-27-21(4)25(15-19(2)20(3)28(27)17-24)16-23-11-13-26(32)18-29(23)33/h6-14,17-18,21,25,30H,5,15-16H2,1-4H3,(H,34,35). The van der Waals surface area contributed by atoms with Crippen molar-refractivity contribution in [1.29, 1.82) is 0 Å². The maximum Gasteiger partial charge on any atom is 0.251 e. The van der Waals surface area contributed by atoms with Gasteiger partial charge in [0.25, 0.3) is 5.91 Å². The molecule has 3 atom stereocenters. The minimum atomic E-state index is -0.555. The van der Waals surface area contributed by atoms with Crippen molar-refractivity contribution in [2.75, 3.05) is 0 Å². The molecule has 0 spiro atoms. The van der Waals surface area contributed by atoms with E-state index < -0.39 is 11.6 Å². The number of halogens is 2. The first-order chi connectivity index (χ1) is 16.8. The Kier molecular flexibility index (Phi) is 7.49. The third-order valence-electron chi connectivity index (χ3n) is 7.54. The SMILES string of the molecule is CCC(NC(=O)c1ccc2c(c1)C(C)=C(C)CC(Cc1ccc(F)cc1F)C2C)c1ccccc1. The molecule has 2 nitrogen and oxygen atoms in total. The van der Waals surface area contributed by atoms with Crippen molar-refractivity contribution >= 4 is 11.5 Å². The first kappa shape index (κ1) is 24.8. The molecule has 3 aromatic rings. The zero-order valence-corrected chi connectivity index (χ0v) is 20.9. The van der Waals surface area contributed by atoms with E-state index in [1.807, 2.05) is 42.5 Å². The number of benzene rings is 3. The number of amides is 1. The summed E-state index contributed by atoms with van der Waals surface area (Å²) in [6.07, 6.45) is 2.16. The number of hydrogen-bond acceptors (Lipinski definition) is 1. The fourth-order valence-electron chi connectivity index (χ4n) is 5.19. The van der Waals surface area contributed by atoms with E-state index in [0.717, 1.165) is 30.0 Å². The van der Waals surface area contributed by atoms with E-state index in [4.69, 9.17) is 0 Å². The number of nitrogens with one attached hydrogen (secondary N) is 1. The van der Waals surface area contributed by atoms with E-state index in [0.29, 0.717) is 17.5 Å². The van der Waals surface area contributed by atoms with Crippen LogP contribution < -0.4 is 5.32 Å². The highest BCUT2D eigenvalue weighted by Crippen LogP contribution is 2.41. The fraction of sp³-hybridized carbons (Fsp3) is 0.323. The highest BCUT2D eigenvalue weighted by atomic mass is 19.1. The average molecular weight is 474 g/mol. The van der Waals surface area contributed by atoms with Gasteiger partial charge in [0, 0.05) is 11.6 Å². The van der Waals surface area contributed by atoms with Crippen molar-refractivity contribution in [2.24, 2.45) is 5.92 Å². The van der Waals surface area contributed by atoms with Gasteiger partial charge in [-0.3, -0.25) is 4.79 Å². The second-order valence-corrected chi connectivity index (χ2v) is 9.75. The minimum absolute atomic E-state index is 0.0465. The topological polar surface area (TPSA) is 29.1 Å². The second kappa shape index (κ2) is 10.6. The maximum absolute atomic E-state index is 14.4. The van der Waals surface area contributed by atoms with Crippen molar-refractivity contribution in [2.45, 2.75) is 58.9 Å². The van der Waals surface area contributed by atoms with Crippen LogP contribution in [0.4, 0.5) is 8.78 Å². The lowest BCUT2D eigenvalue weighted by atomic mass is 9.80. The molecule has 0 aromatic heterocycles. The number of hydrogen-bond donors (Lipinski definition) is 1. The zero-order chi connectivity index (χ0) is 25.1. The molecule has 3 aromatic carbocycles. The number of carbonyl (C=O) groups is 1. The fourth-order valence-corrected chi connectivity index (χ4v) is 5.19. The average Bonchev–Trinajstić information content (AvgIpc) is 2.95. The van der Waals surface area contributed by atoms with Crippen LogP contribution in [0.25, 0.3) is 5.57 Å². The van der Waals surface area contributed by atoms with E-state index in [9.17, 15) is 13.6 Å². The molecule has 4 heteroatoms. The van der Waals surface area contributed by atoms with E-state index >= 15 is 0 Å². The maximum atomic E-state index is 14.4. The van der Waals surface area contributed by atoms with Crippen LogP contribution in [0, 0.1) is 17.6 Å². The summed E-state index contributed by atoms with van der Waals surface area (Å²) in [5.74, 6) is -0.799. The molecule has 1 N–H and O–H groups in total. The number of carbonyl (C=O) groups excluding carboxylic acids is 1. The van der Waals surface area contributed by atoms with Crippen LogP contribution in [-0.2, 0) is 6.42 Å². The molecule has 1 aliphatic rings. The molecule has 0 fully saturated rings. The Morgan fingerprint density at radius 2 is 1.77 bits per heavy atom. The summed E-state index contributed by atoms with van der Waals surface area (Å²) in [5, 5.41) is 3.18. The van der Waals surface area contributed by atoms with Gasteiger partial charge in [0.1, 0.15) is 11.6 Å². The third-order valence-corrected chi connectivity index (χ3v) is 7.54. The first-order valence-electron chi connectivity index (χ1n) is 12.4. The van der Waals surface area contributed by atoms with E-state index in [2.05, 4.69) is 39.1 Å². The molecule has 1 aliphatic carbocycles. The summed E-state index contributed by atoms with van der Waals surface area (Å²) in [6.45, 7) is 8.44. The van der Waals surface area contributed by atoms with Crippen LogP contribution >= 0.6 is 0 Å². The van der Waals surface area contributed by atoms with Crippen LogP contribution in [0.5, 0.6) is 0 Å². The molecule has 0 aliphatic heterocycles. The Morgan fingerprint density at radius 3 is 2.46 bits per heavy atom. The van der Waals surface area contributed by atoms with E-state index in [1.165, 1.54) is 22.8 Å². The largest absolute Gasteiger partial charge is 0.345 e. The lowest BCUT2D eigenvalue weighted by Crippen LogP contribution is -2.28. The van der Waals surface area contributed by atoms with Gasteiger partial charge < -0.3 is 5.32 Å². The number of allylic oxidation sites excluding steroid dienone is 2. The highest BCUT2D eigenvalue weighted by Gasteiger charge is 2.28. The van der Waals surface area contributed by atoms with Gasteiger partial charge in [-0.15, -0.1) is 0 Å².